The average Bonchev–Trinajstić information content (AvgIpc) is 2.44. The van der Waals surface area contributed by atoms with Gasteiger partial charge in [-0.15, -0.1) is 0 Å². The van der Waals surface area contributed by atoms with Crippen molar-refractivity contribution in [2.75, 3.05) is 0 Å². The number of benzene rings is 1. The fraction of sp³-hybridized carbons (Fsp3) is 0.308. The molecule has 2 aromatic rings. The molecule has 0 saturated carbocycles. The first kappa shape index (κ1) is 9.97. The highest BCUT2D eigenvalue weighted by Crippen LogP contribution is 2.29. The molecule has 2 heteroatoms. The van der Waals surface area contributed by atoms with Crippen LogP contribution in [0.25, 0.3) is 11.0 Å². The summed E-state index contributed by atoms with van der Waals surface area (Å²) in [5.74, 6) is 0.472. The zero-order chi connectivity index (χ0) is 11.2. The lowest BCUT2D eigenvalue weighted by molar-refractivity contribution is 0.0988. The quantitative estimate of drug-likeness (QED) is 0.662. The SMILES string of the molecule is CC(=O)c1oc2c(C)cc(C)cc2c1C. The van der Waals surface area contributed by atoms with Gasteiger partial charge in [-0.25, -0.2) is 0 Å². The topological polar surface area (TPSA) is 30.2 Å². The summed E-state index contributed by atoms with van der Waals surface area (Å²) < 4.78 is 5.60. The molecule has 0 amide bonds. The maximum absolute atomic E-state index is 11.3. The minimum absolute atomic E-state index is 0.0132. The number of carbonyl (C=O) groups is 1. The van der Waals surface area contributed by atoms with Crippen LogP contribution >= 0.6 is 0 Å². The molecule has 0 spiro atoms. The summed E-state index contributed by atoms with van der Waals surface area (Å²) in [4.78, 5) is 11.3. The van der Waals surface area contributed by atoms with Crippen molar-refractivity contribution in [3.63, 3.8) is 0 Å². The molecule has 1 aromatic heterocycles. The molecule has 0 N–H and O–H groups in total. The first-order valence-electron chi connectivity index (χ1n) is 5.02. The van der Waals surface area contributed by atoms with Crippen LogP contribution in [0.5, 0.6) is 0 Å². The van der Waals surface area contributed by atoms with Gasteiger partial charge in [0, 0.05) is 17.9 Å². The summed E-state index contributed by atoms with van der Waals surface area (Å²) >= 11 is 0. The molecule has 2 rings (SSSR count). The van der Waals surface area contributed by atoms with Crippen molar-refractivity contribution < 1.29 is 9.21 Å². The predicted molar refractivity (Wildman–Crippen MR) is 60.4 cm³/mol. The highest BCUT2D eigenvalue weighted by molar-refractivity contribution is 5.99. The number of rotatable bonds is 1. The van der Waals surface area contributed by atoms with Crippen molar-refractivity contribution in [3.05, 3.63) is 34.6 Å². The second kappa shape index (κ2) is 3.23. The second-order valence-electron chi connectivity index (χ2n) is 4.07. The fourth-order valence-electron chi connectivity index (χ4n) is 2.01. The zero-order valence-corrected chi connectivity index (χ0v) is 9.47. The van der Waals surface area contributed by atoms with E-state index in [1.807, 2.05) is 20.8 Å². The summed E-state index contributed by atoms with van der Waals surface area (Å²) in [5, 5.41) is 1.05. The number of furan rings is 1. The standard InChI is InChI=1S/C13H14O2/c1-7-5-8(2)12-11(6-7)9(3)13(15-12)10(4)14/h5-6H,1-4H3. The Morgan fingerprint density at radius 2 is 1.87 bits per heavy atom. The molecule has 0 aliphatic rings. The summed E-state index contributed by atoms with van der Waals surface area (Å²) in [5.41, 5.74) is 4.06. The van der Waals surface area contributed by atoms with Crippen LogP contribution in [0.3, 0.4) is 0 Å². The van der Waals surface area contributed by atoms with Gasteiger partial charge in [0.05, 0.1) is 0 Å². The van der Waals surface area contributed by atoms with E-state index in [1.54, 1.807) is 0 Å². The summed E-state index contributed by atoms with van der Waals surface area (Å²) in [6, 6.07) is 4.13. The van der Waals surface area contributed by atoms with Crippen molar-refractivity contribution in [1.29, 1.82) is 0 Å². The van der Waals surface area contributed by atoms with Gasteiger partial charge in [-0.1, -0.05) is 6.07 Å². The van der Waals surface area contributed by atoms with Crippen LogP contribution in [0.1, 0.15) is 34.2 Å². The van der Waals surface area contributed by atoms with Gasteiger partial charge in [-0.3, -0.25) is 4.79 Å². The lowest BCUT2D eigenvalue weighted by Gasteiger charge is -1.97. The first-order valence-corrected chi connectivity index (χ1v) is 5.02. The van der Waals surface area contributed by atoms with E-state index in [9.17, 15) is 4.79 Å². The largest absolute Gasteiger partial charge is 0.452 e. The first-order chi connectivity index (χ1) is 7.00. The smallest absolute Gasteiger partial charge is 0.195 e. The second-order valence-corrected chi connectivity index (χ2v) is 4.07. The van der Waals surface area contributed by atoms with Crippen LogP contribution in [0, 0.1) is 20.8 Å². The van der Waals surface area contributed by atoms with E-state index < -0.39 is 0 Å². The Morgan fingerprint density at radius 3 is 2.47 bits per heavy atom. The van der Waals surface area contributed by atoms with Crippen molar-refractivity contribution in [2.24, 2.45) is 0 Å². The Balaban J connectivity index is 2.88. The van der Waals surface area contributed by atoms with Crippen molar-refractivity contribution in [1.82, 2.24) is 0 Å². The third-order valence-corrected chi connectivity index (χ3v) is 2.69. The van der Waals surface area contributed by atoms with Gasteiger partial charge in [-0.05, 0) is 38.0 Å². The average molecular weight is 202 g/mol. The van der Waals surface area contributed by atoms with Gasteiger partial charge in [-0.2, -0.15) is 0 Å². The minimum atomic E-state index is -0.0132. The van der Waals surface area contributed by atoms with Gasteiger partial charge in [0.2, 0.25) is 0 Å². The Hall–Kier alpha value is -1.57. The predicted octanol–water partition coefficient (Wildman–Crippen LogP) is 3.56. The number of aryl methyl sites for hydroxylation is 3. The molecule has 0 fully saturated rings. The highest BCUT2D eigenvalue weighted by Gasteiger charge is 2.15. The molecule has 1 heterocycles. The van der Waals surface area contributed by atoms with Crippen LogP contribution in [-0.4, -0.2) is 5.78 Å². The number of fused-ring (bicyclic) bond motifs is 1. The molecule has 0 unspecified atom stereocenters. The van der Waals surface area contributed by atoms with Crippen molar-refractivity contribution >= 4 is 16.8 Å². The highest BCUT2D eigenvalue weighted by atomic mass is 16.3. The normalized spacial score (nSPS) is 10.9. The minimum Gasteiger partial charge on any atom is -0.452 e. The van der Waals surface area contributed by atoms with E-state index in [-0.39, 0.29) is 5.78 Å². The summed E-state index contributed by atoms with van der Waals surface area (Å²) in [6.07, 6.45) is 0. The van der Waals surface area contributed by atoms with E-state index in [2.05, 4.69) is 12.1 Å². The van der Waals surface area contributed by atoms with Crippen LogP contribution < -0.4 is 0 Å². The van der Waals surface area contributed by atoms with Crippen molar-refractivity contribution in [2.45, 2.75) is 27.7 Å². The third-order valence-electron chi connectivity index (χ3n) is 2.69. The molecular weight excluding hydrogens is 188 g/mol. The number of carbonyl (C=O) groups excluding carboxylic acids is 1. The van der Waals surface area contributed by atoms with Crippen LogP contribution in [0.2, 0.25) is 0 Å². The molecule has 0 radical (unpaired) electrons. The number of Topliss-reactive ketones (excluding diaryl/α,β-unsaturated/α-hetero) is 1. The lowest BCUT2D eigenvalue weighted by Crippen LogP contribution is -1.90. The van der Waals surface area contributed by atoms with Gasteiger partial charge >= 0.3 is 0 Å². The zero-order valence-electron chi connectivity index (χ0n) is 9.47. The van der Waals surface area contributed by atoms with Gasteiger partial charge in [0.1, 0.15) is 5.58 Å². The van der Waals surface area contributed by atoms with E-state index in [4.69, 9.17) is 4.42 Å². The summed E-state index contributed by atoms with van der Waals surface area (Å²) in [7, 11) is 0. The molecular formula is C13H14O2. The Labute approximate surface area is 88.9 Å². The monoisotopic (exact) mass is 202 g/mol. The maximum Gasteiger partial charge on any atom is 0.195 e. The molecule has 2 nitrogen and oxygen atoms in total. The van der Waals surface area contributed by atoms with Crippen LogP contribution in [0.4, 0.5) is 0 Å². The van der Waals surface area contributed by atoms with Crippen LogP contribution in [-0.2, 0) is 0 Å². The fourth-order valence-corrected chi connectivity index (χ4v) is 2.01. The lowest BCUT2D eigenvalue weighted by atomic mass is 10.1. The van der Waals surface area contributed by atoms with Gasteiger partial charge in [0.15, 0.2) is 11.5 Å². The molecule has 0 saturated heterocycles. The molecule has 0 atom stereocenters. The van der Waals surface area contributed by atoms with Crippen molar-refractivity contribution in [3.8, 4) is 0 Å². The molecule has 0 bridgehead atoms. The van der Waals surface area contributed by atoms with Crippen LogP contribution in [0.15, 0.2) is 16.5 Å². The summed E-state index contributed by atoms with van der Waals surface area (Å²) in [6.45, 7) is 7.52. The van der Waals surface area contributed by atoms with Gasteiger partial charge < -0.3 is 4.42 Å². The molecule has 15 heavy (non-hydrogen) atoms. The van der Waals surface area contributed by atoms with E-state index in [0.717, 1.165) is 22.1 Å². The Morgan fingerprint density at radius 1 is 1.20 bits per heavy atom. The molecule has 0 aliphatic carbocycles. The van der Waals surface area contributed by atoms with E-state index >= 15 is 0 Å². The van der Waals surface area contributed by atoms with E-state index in [1.165, 1.54) is 12.5 Å². The number of ketones is 1. The molecule has 78 valence electrons. The van der Waals surface area contributed by atoms with Gasteiger partial charge in [0.25, 0.3) is 0 Å². The molecule has 0 aliphatic heterocycles. The van der Waals surface area contributed by atoms with E-state index in [0.29, 0.717) is 5.76 Å². The third kappa shape index (κ3) is 1.46. The Bertz CT molecular complexity index is 547. The Kier molecular flexibility index (Phi) is 2.14. The number of hydrogen-bond donors (Lipinski definition) is 0. The molecule has 1 aromatic carbocycles. The maximum atomic E-state index is 11.3. The number of hydrogen-bond acceptors (Lipinski definition) is 2.